The van der Waals surface area contributed by atoms with Crippen molar-refractivity contribution in [2.45, 2.75) is 65.0 Å². The van der Waals surface area contributed by atoms with Crippen LogP contribution in [-0.4, -0.2) is 23.0 Å². The van der Waals surface area contributed by atoms with Crippen molar-refractivity contribution in [3.8, 4) is 0 Å². The molecule has 0 atom stereocenters. The Bertz CT molecular complexity index is 311. The van der Waals surface area contributed by atoms with Crippen LogP contribution in [0.15, 0.2) is 0 Å². The molecule has 4 heteroatoms. The van der Waals surface area contributed by atoms with Crippen LogP contribution in [0.1, 0.15) is 53.9 Å². The summed E-state index contributed by atoms with van der Waals surface area (Å²) in [4.78, 5) is 23.3. The SMILES string of the molecule is CC(C)(CC(=O)C1CC1)NC(=O)OC(C)(C)C. The van der Waals surface area contributed by atoms with Crippen LogP contribution in [0.2, 0.25) is 0 Å². The molecule has 1 aliphatic carbocycles. The monoisotopic (exact) mass is 241 g/mol. The Hall–Kier alpha value is -1.06. The largest absolute Gasteiger partial charge is 0.444 e. The fourth-order valence-corrected chi connectivity index (χ4v) is 1.61. The van der Waals surface area contributed by atoms with Gasteiger partial charge in [0.25, 0.3) is 0 Å². The summed E-state index contributed by atoms with van der Waals surface area (Å²) in [6, 6.07) is 0. The van der Waals surface area contributed by atoms with E-state index in [9.17, 15) is 9.59 Å². The second kappa shape index (κ2) is 4.67. The Balaban J connectivity index is 2.42. The summed E-state index contributed by atoms with van der Waals surface area (Å²) in [7, 11) is 0. The van der Waals surface area contributed by atoms with Crippen molar-refractivity contribution >= 4 is 11.9 Å². The van der Waals surface area contributed by atoms with Crippen LogP contribution < -0.4 is 5.32 Å². The lowest BCUT2D eigenvalue weighted by Crippen LogP contribution is -2.47. The summed E-state index contributed by atoms with van der Waals surface area (Å²) >= 11 is 0. The van der Waals surface area contributed by atoms with Crippen LogP contribution in [0.3, 0.4) is 0 Å². The third-order valence-electron chi connectivity index (χ3n) is 2.49. The maximum absolute atomic E-state index is 11.7. The van der Waals surface area contributed by atoms with Gasteiger partial charge in [-0.15, -0.1) is 0 Å². The highest BCUT2D eigenvalue weighted by Gasteiger charge is 2.34. The van der Waals surface area contributed by atoms with Crippen molar-refractivity contribution in [2.75, 3.05) is 0 Å². The Morgan fingerprint density at radius 2 is 1.71 bits per heavy atom. The first-order valence-electron chi connectivity index (χ1n) is 6.13. The van der Waals surface area contributed by atoms with Crippen LogP contribution in [0.4, 0.5) is 4.79 Å². The summed E-state index contributed by atoms with van der Waals surface area (Å²) in [5.41, 5.74) is -1.05. The average molecular weight is 241 g/mol. The lowest BCUT2D eigenvalue weighted by molar-refractivity contribution is -0.121. The van der Waals surface area contributed by atoms with E-state index < -0.39 is 17.2 Å². The molecule has 0 aromatic heterocycles. The number of hydrogen-bond donors (Lipinski definition) is 1. The molecule has 0 aromatic carbocycles. The van der Waals surface area contributed by atoms with E-state index >= 15 is 0 Å². The van der Waals surface area contributed by atoms with E-state index in [4.69, 9.17) is 4.74 Å². The van der Waals surface area contributed by atoms with E-state index in [-0.39, 0.29) is 11.7 Å². The molecule has 0 spiro atoms. The van der Waals surface area contributed by atoms with Gasteiger partial charge in [-0.05, 0) is 47.5 Å². The minimum Gasteiger partial charge on any atom is -0.444 e. The molecule has 0 aromatic rings. The summed E-state index contributed by atoms with van der Waals surface area (Å²) in [6.45, 7) is 9.13. The van der Waals surface area contributed by atoms with Crippen LogP contribution in [-0.2, 0) is 9.53 Å². The number of ether oxygens (including phenoxy) is 1. The van der Waals surface area contributed by atoms with E-state index in [1.165, 1.54) is 0 Å². The van der Waals surface area contributed by atoms with Crippen LogP contribution in [0, 0.1) is 5.92 Å². The number of nitrogens with one attached hydrogen (secondary N) is 1. The summed E-state index contributed by atoms with van der Waals surface area (Å²) < 4.78 is 5.17. The highest BCUT2D eigenvalue weighted by molar-refractivity contribution is 5.84. The van der Waals surface area contributed by atoms with Crippen molar-refractivity contribution in [3.63, 3.8) is 0 Å². The van der Waals surface area contributed by atoms with Gasteiger partial charge in [0.15, 0.2) is 0 Å². The number of carbonyl (C=O) groups excluding carboxylic acids is 2. The Labute approximate surface area is 103 Å². The highest BCUT2D eigenvalue weighted by Crippen LogP contribution is 2.32. The van der Waals surface area contributed by atoms with Crippen LogP contribution in [0.5, 0.6) is 0 Å². The Kier molecular flexibility index (Phi) is 3.84. The molecule has 0 unspecified atom stereocenters. The van der Waals surface area contributed by atoms with Gasteiger partial charge in [0.05, 0.1) is 0 Å². The van der Waals surface area contributed by atoms with E-state index in [0.29, 0.717) is 6.42 Å². The van der Waals surface area contributed by atoms with Crippen molar-refractivity contribution in [1.29, 1.82) is 0 Å². The Morgan fingerprint density at radius 3 is 2.12 bits per heavy atom. The molecule has 1 amide bonds. The first kappa shape index (κ1) is 14.0. The molecule has 1 rings (SSSR count). The van der Waals surface area contributed by atoms with Crippen molar-refractivity contribution in [1.82, 2.24) is 5.32 Å². The molecular formula is C13H23NO3. The van der Waals surface area contributed by atoms with E-state index in [1.807, 2.05) is 34.6 Å². The molecular weight excluding hydrogens is 218 g/mol. The van der Waals surface area contributed by atoms with Gasteiger partial charge < -0.3 is 10.1 Å². The maximum atomic E-state index is 11.7. The van der Waals surface area contributed by atoms with Crippen molar-refractivity contribution in [2.24, 2.45) is 5.92 Å². The van der Waals surface area contributed by atoms with Gasteiger partial charge in [-0.1, -0.05) is 0 Å². The molecule has 1 N–H and O–H groups in total. The van der Waals surface area contributed by atoms with E-state index in [0.717, 1.165) is 12.8 Å². The number of ketones is 1. The molecule has 1 fully saturated rings. The highest BCUT2D eigenvalue weighted by atomic mass is 16.6. The molecule has 1 aliphatic rings. The predicted octanol–water partition coefficient (Wildman–Crippen LogP) is 2.66. The van der Waals surface area contributed by atoms with Gasteiger partial charge in [-0.3, -0.25) is 4.79 Å². The molecule has 0 radical (unpaired) electrons. The molecule has 98 valence electrons. The maximum Gasteiger partial charge on any atom is 0.408 e. The average Bonchev–Trinajstić information content (AvgIpc) is 2.76. The molecule has 0 aliphatic heterocycles. The topological polar surface area (TPSA) is 55.4 Å². The zero-order valence-electron chi connectivity index (χ0n) is 11.4. The zero-order chi connectivity index (χ0) is 13.3. The number of alkyl carbamates (subject to hydrolysis) is 1. The third-order valence-corrected chi connectivity index (χ3v) is 2.49. The van der Waals surface area contributed by atoms with Crippen LogP contribution >= 0.6 is 0 Å². The van der Waals surface area contributed by atoms with Gasteiger partial charge in [0, 0.05) is 17.9 Å². The number of carbonyl (C=O) groups is 2. The number of hydrogen-bond acceptors (Lipinski definition) is 3. The summed E-state index contributed by atoms with van der Waals surface area (Å²) in [6.07, 6.45) is 1.91. The summed E-state index contributed by atoms with van der Waals surface area (Å²) in [5, 5.41) is 2.74. The first-order chi connectivity index (χ1) is 7.59. The van der Waals surface area contributed by atoms with E-state index in [1.54, 1.807) is 0 Å². The van der Waals surface area contributed by atoms with Crippen molar-refractivity contribution < 1.29 is 14.3 Å². The quantitative estimate of drug-likeness (QED) is 0.823. The molecule has 0 heterocycles. The van der Waals surface area contributed by atoms with Crippen LogP contribution in [0.25, 0.3) is 0 Å². The van der Waals surface area contributed by atoms with Crippen molar-refractivity contribution in [3.05, 3.63) is 0 Å². The predicted molar refractivity (Wildman–Crippen MR) is 65.8 cm³/mol. The number of amides is 1. The zero-order valence-corrected chi connectivity index (χ0v) is 11.4. The molecule has 0 bridgehead atoms. The fourth-order valence-electron chi connectivity index (χ4n) is 1.61. The fraction of sp³-hybridized carbons (Fsp3) is 0.846. The van der Waals surface area contributed by atoms with Gasteiger partial charge in [-0.2, -0.15) is 0 Å². The molecule has 4 nitrogen and oxygen atoms in total. The summed E-state index contributed by atoms with van der Waals surface area (Å²) in [5.74, 6) is 0.473. The smallest absolute Gasteiger partial charge is 0.408 e. The molecule has 17 heavy (non-hydrogen) atoms. The normalized spacial score (nSPS) is 16.5. The van der Waals surface area contributed by atoms with Gasteiger partial charge >= 0.3 is 6.09 Å². The number of Topliss-reactive ketones (excluding diaryl/α,β-unsaturated/α-hetero) is 1. The molecule has 1 saturated carbocycles. The second-order valence-electron chi connectivity index (χ2n) is 6.43. The van der Waals surface area contributed by atoms with E-state index in [2.05, 4.69) is 5.32 Å². The standard InChI is InChI=1S/C13H23NO3/c1-12(2,3)17-11(16)14-13(4,5)8-10(15)9-6-7-9/h9H,6-8H2,1-5H3,(H,14,16). The second-order valence-corrected chi connectivity index (χ2v) is 6.43. The minimum atomic E-state index is -0.540. The van der Waals surface area contributed by atoms with Gasteiger partial charge in [0.1, 0.15) is 11.4 Å². The minimum absolute atomic E-state index is 0.231. The Morgan fingerprint density at radius 1 is 1.18 bits per heavy atom. The lowest BCUT2D eigenvalue weighted by Gasteiger charge is -2.28. The third kappa shape index (κ3) is 5.71. The first-order valence-corrected chi connectivity index (χ1v) is 6.13. The van der Waals surface area contributed by atoms with Gasteiger partial charge in [0.2, 0.25) is 0 Å². The molecule has 0 saturated heterocycles. The number of rotatable bonds is 4. The van der Waals surface area contributed by atoms with Gasteiger partial charge in [-0.25, -0.2) is 4.79 Å². The lowest BCUT2D eigenvalue weighted by atomic mass is 9.96.